The zero-order valence-electron chi connectivity index (χ0n) is 31.5. The molecule has 3 aromatic heterocycles. The molecule has 1 aliphatic carbocycles. The van der Waals surface area contributed by atoms with Gasteiger partial charge in [0, 0.05) is 40.4 Å². The van der Waals surface area contributed by atoms with Crippen molar-refractivity contribution in [2.45, 2.75) is 99.3 Å². The Morgan fingerprint density at radius 2 is 1.71 bits per heavy atom. The topological polar surface area (TPSA) is 44.9 Å². The number of para-hydroxylation sites is 1. The molecule has 0 radical (unpaired) electrons. The minimum atomic E-state index is -0.108. The summed E-state index contributed by atoms with van der Waals surface area (Å²) in [6.07, 6.45) is 8.92. The summed E-state index contributed by atoms with van der Waals surface area (Å²) in [7, 11) is 0. The van der Waals surface area contributed by atoms with Crippen LogP contribution < -0.4 is 4.74 Å². The third kappa shape index (κ3) is 7.12. The van der Waals surface area contributed by atoms with E-state index in [2.05, 4.69) is 144 Å². The minimum absolute atomic E-state index is 0. The maximum absolute atomic E-state index is 6.69. The number of hydrogen-bond donors (Lipinski definition) is 0. The molecule has 0 saturated carbocycles. The predicted molar refractivity (Wildman–Crippen MR) is 206 cm³/mol. The number of ether oxygens (including phenoxy) is 1. The van der Waals surface area contributed by atoms with Gasteiger partial charge < -0.3 is 9.30 Å². The van der Waals surface area contributed by atoms with E-state index < -0.39 is 0 Å². The van der Waals surface area contributed by atoms with E-state index in [0.29, 0.717) is 29.3 Å². The van der Waals surface area contributed by atoms with Crippen molar-refractivity contribution in [2.75, 3.05) is 0 Å². The fourth-order valence-electron chi connectivity index (χ4n) is 8.18. The summed E-state index contributed by atoms with van der Waals surface area (Å²) in [6.45, 7) is 20.3. The van der Waals surface area contributed by atoms with Crippen LogP contribution in [0.15, 0.2) is 78.5 Å². The van der Waals surface area contributed by atoms with Gasteiger partial charge in [-0.15, -0.1) is 41.3 Å². The molecule has 3 aromatic carbocycles. The first-order chi connectivity index (χ1) is 23.9. The van der Waals surface area contributed by atoms with Gasteiger partial charge in [0.15, 0.2) is 0 Å². The summed E-state index contributed by atoms with van der Waals surface area (Å²) in [5, 5.41) is 7.42. The Bertz CT molecular complexity index is 2230. The van der Waals surface area contributed by atoms with Gasteiger partial charge in [-0.3, -0.25) is 4.68 Å². The number of benzene rings is 3. The first kappa shape index (κ1) is 36.8. The molecule has 6 aromatic rings. The van der Waals surface area contributed by atoms with Crippen LogP contribution in [-0.4, -0.2) is 19.3 Å². The number of unbranched alkanes of at least 4 members (excludes halogenated alkanes) is 1. The quantitative estimate of drug-likeness (QED) is 0.113. The van der Waals surface area contributed by atoms with Crippen LogP contribution in [0.25, 0.3) is 33.3 Å². The minimum Gasteiger partial charge on any atom is -0.509 e. The van der Waals surface area contributed by atoms with Crippen molar-refractivity contribution in [2.24, 2.45) is 11.8 Å². The van der Waals surface area contributed by atoms with Crippen molar-refractivity contribution in [1.82, 2.24) is 19.3 Å². The van der Waals surface area contributed by atoms with Crippen molar-refractivity contribution in [3.05, 3.63) is 119 Å². The first-order valence-corrected chi connectivity index (χ1v) is 18.3. The predicted octanol–water partition coefficient (Wildman–Crippen LogP) is 11.7. The van der Waals surface area contributed by atoms with E-state index in [1.165, 1.54) is 34.2 Å². The van der Waals surface area contributed by atoms with Gasteiger partial charge in [0.2, 0.25) is 0 Å². The molecule has 266 valence electrons. The van der Waals surface area contributed by atoms with Crippen molar-refractivity contribution >= 4 is 21.8 Å². The van der Waals surface area contributed by atoms with Crippen molar-refractivity contribution < 1.29 is 25.8 Å². The molecule has 3 heterocycles. The molecule has 51 heavy (non-hydrogen) atoms. The van der Waals surface area contributed by atoms with Gasteiger partial charge in [-0.1, -0.05) is 83.3 Å². The van der Waals surface area contributed by atoms with Crippen LogP contribution >= 0.6 is 0 Å². The third-order valence-corrected chi connectivity index (χ3v) is 10.6. The maximum Gasteiger partial charge on any atom is 2.00 e. The second kappa shape index (κ2) is 14.6. The molecule has 0 N–H and O–H groups in total. The molecule has 0 aliphatic heterocycles. The summed E-state index contributed by atoms with van der Waals surface area (Å²) >= 11 is 0. The smallest absolute Gasteiger partial charge is 0.509 e. The molecule has 1 aliphatic rings. The van der Waals surface area contributed by atoms with E-state index in [-0.39, 0.29) is 26.5 Å². The standard InChI is InChI=1S/C45H50N4O.Pt/c1-10-11-14-33-19-20-46-42(23-33)48-40-16-13-12-15-38(40)39-18-17-36(27-41(39)48)50-37-25-34(45(7,8)9)24-35(26-37)49-32(6)44(31(5)47-49)43-29(3)21-28(2)22-30(43)4;/h12-13,15-21,23-25,28,30,43H,10-11,14,22H2,1-9H3;/q-2;+2/t28-,30-,43?;/m0./s1. The molecule has 5 nitrogen and oxygen atoms in total. The molecule has 0 saturated heterocycles. The zero-order chi connectivity index (χ0) is 35.3. The number of nitrogens with zero attached hydrogens (tertiary/aromatic N) is 4. The molecular formula is C45H50N4OPt. The van der Waals surface area contributed by atoms with Crippen molar-refractivity contribution in [3.8, 4) is 23.0 Å². The van der Waals surface area contributed by atoms with Gasteiger partial charge in [0.1, 0.15) is 5.82 Å². The molecule has 7 rings (SSSR count). The van der Waals surface area contributed by atoms with Crippen molar-refractivity contribution in [3.63, 3.8) is 0 Å². The Balaban J connectivity index is 0.00000448. The zero-order valence-corrected chi connectivity index (χ0v) is 33.8. The monoisotopic (exact) mass is 857 g/mol. The van der Waals surface area contributed by atoms with Gasteiger partial charge in [-0.05, 0) is 92.1 Å². The van der Waals surface area contributed by atoms with Crippen LogP contribution in [0.3, 0.4) is 0 Å². The van der Waals surface area contributed by atoms with Crippen molar-refractivity contribution in [1.29, 1.82) is 0 Å². The molecule has 0 amide bonds. The molecular weight excluding hydrogens is 808 g/mol. The largest absolute Gasteiger partial charge is 2.00 e. The summed E-state index contributed by atoms with van der Waals surface area (Å²) in [4.78, 5) is 4.83. The van der Waals surface area contributed by atoms with Gasteiger partial charge in [-0.2, -0.15) is 11.2 Å². The summed E-state index contributed by atoms with van der Waals surface area (Å²) < 4.78 is 11.0. The van der Waals surface area contributed by atoms with Gasteiger partial charge in [-0.25, -0.2) is 4.98 Å². The molecule has 0 bridgehead atoms. The summed E-state index contributed by atoms with van der Waals surface area (Å²) in [5.41, 5.74) is 10.3. The van der Waals surface area contributed by atoms with Gasteiger partial charge in [0.25, 0.3) is 0 Å². The van der Waals surface area contributed by atoms with Crippen LogP contribution in [0.4, 0.5) is 0 Å². The molecule has 0 spiro atoms. The SMILES string of the molecule is CCCCc1ccnc(-n2c3[c-]c(Oc4[c-]c(-n5nc(C)c(C6C(C)=C[C@H](C)C[C@@H]6C)c5C)cc(C(C)(C)C)c4)ccc3c3ccccc32)c1.[Pt+2]. The van der Waals surface area contributed by atoms with Crippen LogP contribution in [0, 0.1) is 37.8 Å². The van der Waals surface area contributed by atoms with E-state index in [1.54, 1.807) is 0 Å². The summed E-state index contributed by atoms with van der Waals surface area (Å²) in [6, 6.07) is 28.6. The molecule has 3 atom stereocenters. The number of fused-ring (bicyclic) bond motifs is 3. The van der Waals surface area contributed by atoms with Crippen LogP contribution in [0.1, 0.15) is 102 Å². The Kier molecular flexibility index (Phi) is 10.5. The van der Waals surface area contributed by atoms with Gasteiger partial charge in [0.05, 0.1) is 5.69 Å². The average molecular weight is 858 g/mol. The maximum atomic E-state index is 6.69. The third-order valence-electron chi connectivity index (χ3n) is 10.6. The van der Waals surface area contributed by atoms with Crippen LogP contribution in [-0.2, 0) is 32.9 Å². The Morgan fingerprint density at radius 1 is 0.922 bits per heavy atom. The number of allylic oxidation sites excluding steroid dienone is 2. The number of aromatic nitrogens is 4. The normalized spacial score (nSPS) is 17.8. The Labute approximate surface area is 318 Å². The number of pyridine rings is 1. The fourth-order valence-corrected chi connectivity index (χ4v) is 8.18. The summed E-state index contributed by atoms with van der Waals surface area (Å²) in [5.74, 6) is 3.72. The number of rotatable bonds is 8. The number of aryl methyl sites for hydroxylation is 2. The second-order valence-electron chi connectivity index (χ2n) is 15.6. The van der Waals surface area contributed by atoms with Crippen LogP contribution in [0.2, 0.25) is 0 Å². The van der Waals surface area contributed by atoms with E-state index in [1.807, 2.05) is 12.3 Å². The van der Waals surface area contributed by atoms with E-state index in [9.17, 15) is 0 Å². The Morgan fingerprint density at radius 3 is 2.45 bits per heavy atom. The molecule has 0 fully saturated rings. The average Bonchev–Trinajstić information content (AvgIpc) is 3.56. The Hall–Kier alpha value is -3.95. The van der Waals surface area contributed by atoms with E-state index >= 15 is 0 Å². The van der Waals surface area contributed by atoms with E-state index in [0.717, 1.165) is 58.4 Å². The van der Waals surface area contributed by atoms with E-state index in [4.69, 9.17) is 14.8 Å². The molecule has 6 heteroatoms. The number of hydrogen-bond acceptors (Lipinski definition) is 3. The second-order valence-corrected chi connectivity index (χ2v) is 15.6. The van der Waals surface area contributed by atoms with Gasteiger partial charge >= 0.3 is 21.1 Å². The first-order valence-electron chi connectivity index (χ1n) is 18.3. The molecule has 1 unspecified atom stereocenters. The van der Waals surface area contributed by atoms with Crippen LogP contribution in [0.5, 0.6) is 11.5 Å². The fraction of sp³-hybridized carbons (Fsp3) is 0.378.